The Bertz CT molecular complexity index is 1250. The van der Waals surface area contributed by atoms with Gasteiger partial charge in [-0.1, -0.05) is 49.9 Å². The Morgan fingerprint density at radius 1 is 0.684 bits per heavy atom. The van der Waals surface area contributed by atoms with Crippen molar-refractivity contribution in [2.45, 2.75) is 50.7 Å². The maximum Gasteiger partial charge on any atom is 0.432 e. The van der Waals surface area contributed by atoms with Crippen LogP contribution in [0.4, 0.5) is 30.7 Å². The first-order valence-corrected chi connectivity index (χ1v) is 12.5. The highest BCUT2D eigenvalue weighted by atomic mass is 19.3. The molecule has 1 aliphatic heterocycles. The Morgan fingerprint density at radius 2 is 1.29 bits per heavy atom. The van der Waals surface area contributed by atoms with Crippen LogP contribution in [0.15, 0.2) is 48.5 Å². The van der Waals surface area contributed by atoms with Gasteiger partial charge in [-0.05, 0) is 53.5 Å². The molecule has 0 radical (unpaired) electrons. The van der Waals surface area contributed by atoms with Gasteiger partial charge in [0.1, 0.15) is 22.9 Å². The van der Waals surface area contributed by atoms with Crippen molar-refractivity contribution in [3.05, 3.63) is 88.7 Å². The first kappa shape index (κ1) is 26.5. The van der Waals surface area contributed by atoms with E-state index < -0.39 is 46.5 Å². The standard InChI is InChI=1S/C29H25F7O2/c30-22-11-20(12-23(31)27(22)29(35,36)38-21-13-24(32)28(34)25(33)14-21)17-5-7-18(8-6-17)26-10-9-19(15-37-26)16-3-1-2-4-16/h5-8,11-14,16,19,26H,1-4,9-10,15H2. The zero-order chi connectivity index (χ0) is 27.0. The Morgan fingerprint density at radius 3 is 1.84 bits per heavy atom. The predicted octanol–water partition coefficient (Wildman–Crippen LogP) is 8.84. The van der Waals surface area contributed by atoms with Crippen LogP contribution in [0, 0.1) is 40.9 Å². The summed E-state index contributed by atoms with van der Waals surface area (Å²) in [6.07, 6.45) is 2.36. The maximum atomic E-state index is 14.7. The third kappa shape index (κ3) is 5.39. The van der Waals surface area contributed by atoms with Crippen molar-refractivity contribution in [2.75, 3.05) is 6.61 Å². The summed E-state index contributed by atoms with van der Waals surface area (Å²) in [4.78, 5) is 0. The molecule has 0 spiro atoms. The minimum Gasteiger partial charge on any atom is -0.429 e. The molecule has 0 bridgehead atoms. The van der Waals surface area contributed by atoms with E-state index in [9.17, 15) is 30.7 Å². The molecule has 0 N–H and O–H groups in total. The van der Waals surface area contributed by atoms with Crippen LogP contribution < -0.4 is 4.74 Å². The van der Waals surface area contributed by atoms with Crippen molar-refractivity contribution in [2.24, 2.45) is 11.8 Å². The van der Waals surface area contributed by atoms with E-state index in [0.717, 1.165) is 36.5 Å². The van der Waals surface area contributed by atoms with Gasteiger partial charge in [0, 0.05) is 12.1 Å². The third-order valence-electron chi connectivity index (χ3n) is 7.53. The number of alkyl halides is 2. The van der Waals surface area contributed by atoms with Crippen LogP contribution in [0.1, 0.15) is 55.8 Å². The van der Waals surface area contributed by atoms with E-state index in [-0.39, 0.29) is 23.8 Å². The van der Waals surface area contributed by atoms with Gasteiger partial charge >= 0.3 is 6.11 Å². The van der Waals surface area contributed by atoms with Gasteiger partial charge < -0.3 is 9.47 Å². The summed E-state index contributed by atoms with van der Waals surface area (Å²) in [5.74, 6) is -8.52. The number of halogens is 7. The summed E-state index contributed by atoms with van der Waals surface area (Å²) in [6, 6.07) is 8.60. The lowest BCUT2D eigenvalue weighted by atomic mass is 9.84. The van der Waals surface area contributed by atoms with Gasteiger partial charge in [0.2, 0.25) is 0 Å². The molecule has 0 amide bonds. The minimum atomic E-state index is -4.64. The van der Waals surface area contributed by atoms with Crippen LogP contribution in [-0.2, 0) is 10.8 Å². The molecule has 1 saturated heterocycles. The molecular formula is C29H25F7O2. The lowest BCUT2D eigenvalue weighted by Gasteiger charge is -2.32. The molecule has 1 aliphatic carbocycles. The second kappa shape index (κ2) is 10.6. The van der Waals surface area contributed by atoms with Gasteiger partial charge in [-0.15, -0.1) is 0 Å². The van der Waals surface area contributed by atoms with Crippen LogP contribution in [0.25, 0.3) is 11.1 Å². The smallest absolute Gasteiger partial charge is 0.429 e. The summed E-state index contributed by atoms with van der Waals surface area (Å²) < 4.78 is 109. The first-order chi connectivity index (χ1) is 18.1. The molecule has 5 rings (SSSR count). The summed E-state index contributed by atoms with van der Waals surface area (Å²) in [6.45, 7) is 0.711. The lowest BCUT2D eigenvalue weighted by Crippen LogP contribution is -2.25. The van der Waals surface area contributed by atoms with Crippen LogP contribution in [0.5, 0.6) is 5.75 Å². The molecule has 1 heterocycles. The lowest BCUT2D eigenvalue weighted by molar-refractivity contribution is -0.189. The molecule has 2 atom stereocenters. The largest absolute Gasteiger partial charge is 0.432 e. The molecule has 2 fully saturated rings. The van der Waals surface area contributed by atoms with Crippen LogP contribution in [-0.4, -0.2) is 6.61 Å². The molecule has 1 saturated carbocycles. The predicted molar refractivity (Wildman–Crippen MR) is 126 cm³/mol. The quantitative estimate of drug-likeness (QED) is 0.231. The Balaban J connectivity index is 1.30. The number of hydrogen-bond donors (Lipinski definition) is 0. The molecule has 38 heavy (non-hydrogen) atoms. The summed E-state index contributed by atoms with van der Waals surface area (Å²) in [5.41, 5.74) is -0.411. The Hall–Kier alpha value is -3.07. The number of benzene rings is 3. The van der Waals surface area contributed by atoms with E-state index in [0.29, 0.717) is 18.1 Å². The van der Waals surface area contributed by atoms with E-state index in [1.807, 2.05) is 0 Å². The highest BCUT2D eigenvalue weighted by Gasteiger charge is 2.41. The maximum absolute atomic E-state index is 14.7. The van der Waals surface area contributed by atoms with Crippen molar-refractivity contribution < 1.29 is 40.2 Å². The monoisotopic (exact) mass is 538 g/mol. The molecular weight excluding hydrogens is 513 g/mol. The van der Waals surface area contributed by atoms with Gasteiger partial charge in [0.15, 0.2) is 17.5 Å². The zero-order valence-corrected chi connectivity index (χ0v) is 20.3. The molecule has 0 aromatic heterocycles. The molecule has 2 unspecified atom stereocenters. The highest BCUT2D eigenvalue weighted by molar-refractivity contribution is 5.64. The zero-order valence-electron chi connectivity index (χ0n) is 20.3. The SMILES string of the molecule is Fc1cc(OC(F)(F)c2c(F)cc(-c3ccc(C4CCC(C5CCCC5)CO4)cc3)cc2F)cc(F)c1F. The molecule has 2 nitrogen and oxygen atoms in total. The van der Waals surface area contributed by atoms with E-state index in [1.165, 1.54) is 25.7 Å². The fraction of sp³-hybridized carbons (Fsp3) is 0.379. The fourth-order valence-electron chi connectivity index (χ4n) is 5.53. The average Bonchev–Trinajstić information content (AvgIpc) is 3.42. The summed E-state index contributed by atoms with van der Waals surface area (Å²) >= 11 is 0. The van der Waals surface area contributed by atoms with E-state index >= 15 is 0 Å². The number of ether oxygens (including phenoxy) is 2. The topological polar surface area (TPSA) is 18.5 Å². The van der Waals surface area contributed by atoms with Crippen molar-refractivity contribution in [1.29, 1.82) is 0 Å². The number of rotatable bonds is 6. The number of hydrogen-bond acceptors (Lipinski definition) is 2. The van der Waals surface area contributed by atoms with Gasteiger partial charge in [-0.25, -0.2) is 22.0 Å². The molecule has 202 valence electrons. The average molecular weight is 539 g/mol. The van der Waals surface area contributed by atoms with Gasteiger partial charge in [0.25, 0.3) is 0 Å². The van der Waals surface area contributed by atoms with Gasteiger partial charge in [0.05, 0.1) is 12.7 Å². The van der Waals surface area contributed by atoms with Crippen LogP contribution in [0.3, 0.4) is 0 Å². The molecule has 3 aromatic rings. The normalized spacial score (nSPS) is 20.6. The van der Waals surface area contributed by atoms with Crippen molar-refractivity contribution in [3.63, 3.8) is 0 Å². The van der Waals surface area contributed by atoms with Gasteiger partial charge in [-0.3, -0.25) is 0 Å². The second-order valence-corrected chi connectivity index (χ2v) is 9.96. The molecule has 2 aliphatic rings. The molecule has 3 aromatic carbocycles. The Kier molecular flexibility index (Phi) is 7.40. The third-order valence-corrected chi connectivity index (χ3v) is 7.53. The Labute approximate surface area is 215 Å². The first-order valence-electron chi connectivity index (χ1n) is 12.5. The van der Waals surface area contributed by atoms with E-state index in [2.05, 4.69) is 4.74 Å². The van der Waals surface area contributed by atoms with Crippen LogP contribution >= 0.6 is 0 Å². The van der Waals surface area contributed by atoms with Crippen molar-refractivity contribution in [1.82, 2.24) is 0 Å². The fourth-order valence-corrected chi connectivity index (χ4v) is 5.53. The summed E-state index contributed by atoms with van der Waals surface area (Å²) in [5, 5.41) is 0. The highest BCUT2D eigenvalue weighted by Crippen LogP contribution is 2.41. The van der Waals surface area contributed by atoms with Crippen LogP contribution in [0.2, 0.25) is 0 Å². The van der Waals surface area contributed by atoms with E-state index in [4.69, 9.17) is 4.74 Å². The summed E-state index contributed by atoms with van der Waals surface area (Å²) in [7, 11) is 0. The molecule has 9 heteroatoms. The minimum absolute atomic E-state index is 0.0100. The van der Waals surface area contributed by atoms with Crippen molar-refractivity contribution in [3.8, 4) is 16.9 Å². The van der Waals surface area contributed by atoms with Gasteiger partial charge in [-0.2, -0.15) is 8.78 Å². The van der Waals surface area contributed by atoms with Crippen molar-refractivity contribution >= 4 is 0 Å². The second-order valence-electron chi connectivity index (χ2n) is 9.96. The van der Waals surface area contributed by atoms with E-state index in [1.54, 1.807) is 24.3 Å².